The van der Waals surface area contributed by atoms with Crippen LogP contribution in [0.2, 0.25) is 0 Å². The molecule has 0 aliphatic heterocycles. The monoisotopic (exact) mass is 270 g/mol. The average molecular weight is 270 g/mol. The minimum Gasteiger partial charge on any atom is -0.457 e. The Kier molecular flexibility index (Phi) is 3.96. The zero-order valence-corrected chi connectivity index (χ0v) is 10.7. The Balaban J connectivity index is 2.35. The third kappa shape index (κ3) is 2.75. The predicted octanol–water partition coefficient (Wildman–Crippen LogP) is 2.74. The smallest absolute Gasteiger partial charge is 0.261 e. The van der Waals surface area contributed by atoms with Crippen LogP contribution in [0.25, 0.3) is 17.4 Å². The maximum atomic E-state index is 13.6. The molecule has 0 spiro atoms. The van der Waals surface area contributed by atoms with Gasteiger partial charge in [-0.15, -0.1) is 0 Å². The fraction of sp³-hybridized carbons (Fsp3) is 0.0667. The molecular formula is C15H11FN2O2. The Morgan fingerprint density at radius 1 is 1.35 bits per heavy atom. The van der Waals surface area contributed by atoms with Gasteiger partial charge >= 0.3 is 0 Å². The molecule has 1 N–H and O–H groups in total. The Bertz CT molecular complexity index is 711. The van der Waals surface area contributed by atoms with Gasteiger partial charge in [-0.25, -0.2) is 4.39 Å². The summed E-state index contributed by atoms with van der Waals surface area (Å²) in [6.07, 6.45) is 1.31. The van der Waals surface area contributed by atoms with E-state index in [1.807, 2.05) is 0 Å². The van der Waals surface area contributed by atoms with Gasteiger partial charge in [0.2, 0.25) is 0 Å². The molecule has 0 aliphatic rings. The van der Waals surface area contributed by atoms with E-state index in [1.165, 1.54) is 19.2 Å². The van der Waals surface area contributed by atoms with Crippen LogP contribution < -0.4 is 5.32 Å². The minimum atomic E-state index is -0.503. The highest BCUT2D eigenvalue weighted by atomic mass is 19.1. The topological polar surface area (TPSA) is 66.0 Å². The molecular weight excluding hydrogens is 259 g/mol. The van der Waals surface area contributed by atoms with Crippen molar-refractivity contribution in [1.29, 1.82) is 5.26 Å². The molecule has 0 bridgehead atoms. The lowest BCUT2D eigenvalue weighted by Crippen LogP contribution is -2.18. The molecule has 2 aromatic rings. The Morgan fingerprint density at radius 2 is 2.10 bits per heavy atom. The van der Waals surface area contributed by atoms with E-state index >= 15 is 0 Å². The lowest BCUT2D eigenvalue weighted by molar-refractivity contribution is -0.116. The number of carbonyl (C=O) groups excluding carboxylic acids is 1. The van der Waals surface area contributed by atoms with Crippen LogP contribution in [0.4, 0.5) is 4.39 Å². The number of carbonyl (C=O) groups is 1. The van der Waals surface area contributed by atoms with Crippen molar-refractivity contribution in [2.24, 2.45) is 0 Å². The van der Waals surface area contributed by atoms with Gasteiger partial charge in [0.15, 0.2) is 0 Å². The van der Waals surface area contributed by atoms with Crippen LogP contribution >= 0.6 is 0 Å². The first-order valence-corrected chi connectivity index (χ1v) is 5.84. The second kappa shape index (κ2) is 5.85. The average Bonchev–Trinajstić information content (AvgIpc) is 2.92. The first-order valence-electron chi connectivity index (χ1n) is 5.84. The van der Waals surface area contributed by atoms with Crippen molar-refractivity contribution in [3.63, 3.8) is 0 Å². The fourth-order valence-corrected chi connectivity index (χ4v) is 1.66. The molecule has 1 amide bonds. The summed E-state index contributed by atoms with van der Waals surface area (Å²) in [6.45, 7) is 0. The van der Waals surface area contributed by atoms with E-state index in [1.54, 1.807) is 36.4 Å². The number of amides is 1. The molecule has 20 heavy (non-hydrogen) atoms. The van der Waals surface area contributed by atoms with Crippen LogP contribution in [0.1, 0.15) is 5.76 Å². The number of nitrogens with zero attached hydrogens (tertiary/aromatic N) is 1. The highest BCUT2D eigenvalue weighted by molar-refractivity contribution is 6.01. The molecule has 0 fully saturated rings. The van der Waals surface area contributed by atoms with Crippen molar-refractivity contribution in [2.45, 2.75) is 0 Å². The number of furan rings is 1. The molecule has 0 radical (unpaired) electrons. The Morgan fingerprint density at radius 3 is 2.75 bits per heavy atom. The van der Waals surface area contributed by atoms with Crippen LogP contribution in [0, 0.1) is 17.1 Å². The SMILES string of the molecule is CNC(=O)/C(C#N)=C/c1ccc(-c2ccccc2F)o1. The highest BCUT2D eigenvalue weighted by Gasteiger charge is 2.11. The molecule has 4 nitrogen and oxygen atoms in total. The van der Waals surface area contributed by atoms with Gasteiger partial charge in [-0.1, -0.05) is 12.1 Å². The van der Waals surface area contributed by atoms with Gasteiger partial charge in [0.05, 0.1) is 5.56 Å². The highest BCUT2D eigenvalue weighted by Crippen LogP contribution is 2.25. The van der Waals surface area contributed by atoms with Gasteiger partial charge in [-0.05, 0) is 24.3 Å². The lowest BCUT2D eigenvalue weighted by atomic mass is 10.1. The molecule has 0 saturated heterocycles. The third-order valence-corrected chi connectivity index (χ3v) is 2.64. The molecule has 1 aromatic heterocycles. The van der Waals surface area contributed by atoms with E-state index in [4.69, 9.17) is 9.68 Å². The van der Waals surface area contributed by atoms with Gasteiger partial charge in [0, 0.05) is 13.1 Å². The van der Waals surface area contributed by atoms with Gasteiger partial charge in [0.25, 0.3) is 5.91 Å². The number of hydrogen-bond donors (Lipinski definition) is 1. The molecule has 0 atom stereocenters. The van der Waals surface area contributed by atoms with Crippen molar-refractivity contribution >= 4 is 12.0 Å². The number of likely N-dealkylation sites (N-methyl/N-ethyl adjacent to an activating group) is 1. The molecule has 0 unspecified atom stereocenters. The summed E-state index contributed by atoms with van der Waals surface area (Å²) in [6, 6.07) is 11.1. The number of nitriles is 1. The minimum absolute atomic E-state index is 0.0815. The summed E-state index contributed by atoms with van der Waals surface area (Å²) in [7, 11) is 1.43. The van der Waals surface area contributed by atoms with Gasteiger partial charge in [-0.3, -0.25) is 4.79 Å². The van der Waals surface area contributed by atoms with Crippen molar-refractivity contribution in [3.8, 4) is 17.4 Å². The number of benzene rings is 1. The quantitative estimate of drug-likeness (QED) is 0.689. The fourth-order valence-electron chi connectivity index (χ4n) is 1.66. The number of halogens is 1. The second-order valence-electron chi connectivity index (χ2n) is 3.93. The largest absolute Gasteiger partial charge is 0.457 e. The molecule has 2 rings (SSSR count). The second-order valence-corrected chi connectivity index (χ2v) is 3.93. The maximum absolute atomic E-state index is 13.6. The summed E-state index contributed by atoms with van der Waals surface area (Å²) in [4.78, 5) is 11.4. The van der Waals surface area contributed by atoms with Crippen LogP contribution in [0.3, 0.4) is 0 Å². The van der Waals surface area contributed by atoms with Gasteiger partial charge in [0.1, 0.15) is 29.0 Å². The Hall–Kier alpha value is -2.87. The molecule has 1 heterocycles. The number of hydrogen-bond acceptors (Lipinski definition) is 3. The summed E-state index contributed by atoms with van der Waals surface area (Å²) >= 11 is 0. The first kappa shape index (κ1) is 13.6. The van der Waals surface area contributed by atoms with E-state index in [-0.39, 0.29) is 5.57 Å². The van der Waals surface area contributed by atoms with E-state index in [9.17, 15) is 9.18 Å². The predicted molar refractivity (Wildman–Crippen MR) is 71.8 cm³/mol. The normalized spacial score (nSPS) is 10.9. The summed E-state index contributed by atoms with van der Waals surface area (Å²) in [5, 5.41) is 11.2. The summed E-state index contributed by atoms with van der Waals surface area (Å²) in [5.41, 5.74) is 0.243. The van der Waals surface area contributed by atoms with Crippen LogP contribution in [0.5, 0.6) is 0 Å². The van der Waals surface area contributed by atoms with E-state index in [2.05, 4.69) is 5.32 Å². The van der Waals surface area contributed by atoms with E-state index in [0.29, 0.717) is 17.1 Å². The third-order valence-electron chi connectivity index (χ3n) is 2.64. The zero-order valence-electron chi connectivity index (χ0n) is 10.7. The maximum Gasteiger partial charge on any atom is 0.261 e. The molecule has 1 aromatic carbocycles. The van der Waals surface area contributed by atoms with Gasteiger partial charge < -0.3 is 9.73 Å². The van der Waals surface area contributed by atoms with E-state index in [0.717, 1.165) is 0 Å². The van der Waals surface area contributed by atoms with Crippen molar-refractivity contribution in [3.05, 3.63) is 53.5 Å². The molecule has 0 aliphatic carbocycles. The van der Waals surface area contributed by atoms with Crippen molar-refractivity contribution in [1.82, 2.24) is 5.32 Å². The molecule has 0 saturated carbocycles. The molecule has 5 heteroatoms. The molecule has 100 valence electrons. The Labute approximate surface area is 115 Å². The van der Waals surface area contributed by atoms with Crippen LogP contribution in [0.15, 0.2) is 46.4 Å². The number of nitrogens with one attached hydrogen (secondary N) is 1. The summed E-state index contributed by atoms with van der Waals surface area (Å²) < 4.78 is 19.0. The summed E-state index contributed by atoms with van der Waals surface area (Å²) in [5.74, 6) is -0.257. The van der Waals surface area contributed by atoms with Crippen LogP contribution in [-0.4, -0.2) is 13.0 Å². The standard InChI is InChI=1S/C15H11FN2O2/c1-18-15(19)10(9-17)8-11-6-7-14(20-11)12-4-2-3-5-13(12)16/h2-8H,1H3,(H,18,19)/b10-8+. The number of rotatable bonds is 3. The van der Waals surface area contributed by atoms with Gasteiger partial charge in [-0.2, -0.15) is 5.26 Å². The van der Waals surface area contributed by atoms with Crippen LogP contribution in [-0.2, 0) is 4.79 Å². The van der Waals surface area contributed by atoms with Crippen molar-refractivity contribution < 1.29 is 13.6 Å². The first-order chi connectivity index (χ1) is 9.65. The lowest BCUT2D eigenvalue weighted by Gasteiger charge is -1.98. The van der Waals surface area contributed by atoms with E-state index < -0.39 is 11.7 Å². The van der Waals surface area contributed by atoms with Crippen molar-refractivity contribution in [2.75, 3.05) is 7.05 Å². The zero-order chi connectivity index (χ0) is 14.5.